The van der Waals surface area contributed by atoms with Crippen LogP contribution in [-0.4, -0.2) is 4.57 Å². The van der Waals surface area contributed by atoms with E-state index in [1.54, 1.807) is 0 Å². The van der Waals surface area contributed by atoms with Crippen molar-refractivity contribution in [2.45, 2.75) is 6.54 Å². The predicted molar refractivity (Wildman–Crippen MR) is 100 cm³/mol. The van der Waals surface area contributed by atoms with Gasteiger partial charge in [-0.1, -0.05) is 74.3 Å². The maximum Gasteiger partial charge on any atom is 0.0505 e. The van der Waals surface area contributed by atoms with Crippen LogP contribution in [0.2, 0.25) is 0 Å². The van der Waals surface area contributed by atoms with Gasteiger partial charge in [-0.2, -0.15) is 0 Å². The molecule has 0 radical (unpaired) electrons. The van der Waals surface area contributed by atoms with Crippen molar-refractivity contribution >= 4 is 53.7 Å². The Labute approximate surface area is 145 Å². The van der Waals surface area contributed by atoms with Crippen LogP contribution in [0.3, 0.4) is 0 Å². The molecule has 3 heteroatoms. The van der Waals surface area contributed by atoms with Crippen molar-refractivity contribution in [2.24, 2.45) is 0 Å². The molecule has 0 saturated carbocycles. The van der Waals surface area contributed by atoms with Crippen LogP contribution in [0.25, 0.3) is 21.8 Å². The fraction of sp³-hybridized carbons (Fsp3) is 0.0526. The van der Waals surface area contributed by atoms with Gasteiger partial charge in [-0.25, -0.2) is 0 Å². The highest BCUT2D eigenvalue weighted by Crippen LogP contribution is 2.33. The molecule has 0 aliphatic heterocycles. The van der Waals surface area contributed by atoms with Crippen LogP contribution in [0.5, 0.6) is 0 Å². The van der Waals surface area contributed by atoms with E-state index < -0.39 is 0 Å². The normalized spacial score (nSPS) is 11.4. The van der Waals surface area contributed by atoms with Crippen molar-refractivity contribution in [3.8, 4) is 0 Å². The van der Waals surface area contributed by atoms with E-state index in [0.717, 1.165) is 15.5 Å². The van der Waals surface area contributed by atoms with E-state index in [-0.39, 0.29) is 0 Å². The standard InChI is InChI=1S/C19H13Br2N/c20-14-6-8-16-17-9-7-15(21)11-19(17)22(18(16)10-14)12-13-4-2-1-3-5-13/h1-11H,12H2. The maximum atomic E-state index is 3.60. The van der Waals surface area contributed by atoms with E-state index in [9.17, 15) is 0 Å². The predicted octanol–water partition coefficient (Wildman–Crippen LogP) is 6.37. The smallest absolute Gasteiger partial charge is 0.0505 e. The van der Waals surface area contributed by atoms with Crippen LogP contribution in [0.1, 0.15) is 5.56 Å². The molecule has 0 unspecified atom stereocenters. The minimum atomic E-state index is 0.869. The number of aromatic nitrogens is 1. The molecule has 0 spiro atoms. The summed E-state index contributed by atoms with van der Waals surface area (Å²) in [5.74, 6) is 0. The number of rotatable bonds is 2. The second kappa shape index (κ2) is 5.56. The van der Waals surface area contributed by atoms with Gasteiger partial charge in [-0.3, -0.25) is 0 Å². The summed E-state index contributed by atoms with van der Waals surface area (Å²) in [7, 11) is 0. The summed E-state index contributed by atoms with van der Waals surface area (Å²) >= 11 is 7.20. The molecule has 0 aliphatic carbocycles. The van der Waals surface area contributed by atoms with Gasteiger partial charge in [0.05, 0.1) is 11.0 Å². The van der Waals surface area contributed by atoms with Gasteiger partial charge in [0.2, 0.25) is 0 Å². The number of hydrogen-bond acceptors (Lipinski definition) is 0. The lowest BCUT2D eigenvalue weighted by Gasteiger charge is -2.08. The van der Waals surface area contributed by atoms with Gasteiger partial charge in [-0.05, 0) is 29.8 Å². The molecule has 0 bridgehead atoms. The van der Waals surface area contributed by atoms with Crippen LogP contribution in [0.4, 0.5) is 0 Å². The SMILES string of the molecule is Brc1ccc2c3ccc(Br)cc3n(Cc3ccccc3)c2c1. The van der Waals surface area contributed by atoms with Crippen molar-refractivity contribution in [1.29, 1.82) is 0 Å². The largest absolute Gasteiger partial charge is 0.336 e. The van der Waals surface area contributed by atoms with Crippen LogP contribution in [-0.2, 0) is 6.54 Å². The summed E-state index contributed by atoms with van der Waals surface area (Å²) in [5, 5.41) is 2.59. The third-order valence-corrected chi connectivity index (χ3v) is 4.96. The molecule has 22 heavy (non-hydrogen) atoms. The summed E-state index contributed by atoms with van der Waals surface area (Å²) in [4.78, 5) is 0. The van der Waals surface area contributed by atoms with Gasteiger partial charge in [-0.15, -0.1) is 0 Å². The molecule has 0 saturated heterocycles. The lowest BCUT2D eigenvalue weighted by Crippen LogP contribution is -1.99. The summed E-state index contributed by atoms with van der Waals surface area (Å²) < 4.78 is 4.60. The Kier molecular flexibility index (Phi) is 3.55. The Bertz CT molecular complexity index is 912. The number of fused-ring (bicyclic) bond motifs is 3. The summed E-state index contributed by atoms with van der Waals surface area (Å²) in [6, 6.07) is 23.6. The molecule has 0 fully saturated rings. The lowest BCUT2D eigenvalue weighted by molar-refractivity contribution is 0.868. The van der Waals surface area contributed by atoms with E-state index in [0.29, 0.717) is 0 Å². The molecule has 0 N–H and O–H groups in total. The van der Waals surface area contributed by atoms with Crippen molar-refractivity contribution in [1.82, 2.24) is 4.57 Å². The first-order valence-corrected chi connectivity index (χ1v) is 8.72. The zero-order valence-corrected chi connectivity index (χ0v) is 14.9. The summed E-state index contributed by atoms with van der Waals surface area (Å²) in [6.07, 6.45) is 0. The Morgan fingerprint density at radius 1 is 0.682 bits per heavy atom. The van der Waals surface area contributed by atoms with Crippen molar-refractivity contribution < 1.29 is 0 Å². The van der Waals surface area contributed by atoms with Crippen molar-refractivity contribution in [3.63, 3.8) is 0 Å². The number of benzene rings is 3. The molecule has 4 aromatic rings. The maximum absolute atomic E-state index is 3.60. The minimum Gasteiger partial charge on any atom is -0.336 e. The quantitative estimate of drug-likeness (QED) is 0.359. The third-order valence-electron chi connectivity index (χ3n) is 3.97. The van der Waals surface area contributed by atoms with E-state index in [1.165, 1.54) is 27.4 Å². The summed E-state index contributed by atoms with van der Waals surface area (Å²) in [5.41, 5.74) is 3.82. The molecule has 1 aromatic heterocycles. The first-order valence-electron chi connectivity index (χ1n) is 7.13. The second-order valence-electron chi connectivity index (χ2n) is 5.39. The Morgan fingerprint density at radius 3 is 1.77 bits per heavy atom. The zero-order valence-electron chi connectivity index (χ0n) is 11.8. The van der Waals surface area contributed by atoms with Crippen LogP contribution < -0.4 is 0 Å². The van der Waals surface area contributed by atoms with Gasteiger partial charge in [0.25, 0.3) is 0 Å². The lowest BCUT2D eigenvalue weighted by atomic mass is 10.2. The third kappa shape index (κ3) is 2.38. The van der Waals surface area contributed by atoms with Crippen LogP contribution >= 0.6 is 31.9 Å². The number of nitrogens with zero attached hydrogens (tertiary/aromatic N) is 1. The average molecular weight is 415 g/mol. The van der Waals surface area contributed by atoms with E-state index in [4.69, 9.17) is 0 Å². The average Bonchev–Trinajstić information content (AvgIpc) is 2.81. The topological polar surface area (TPSA) is 4.93 Å². The highest BCUT2D eigenvalue weighted by atomic mass is 79.9. The van der Waals surface area contributed by atoms with E-state index >= 15 is 0 Å². The molecule has 108 valence electrons. The zero-order chi connectivity index (χ0) is 15.1. The monoisotopic (exact) mass is 413 g/mol. The molecular weight excluding hydrogens is 402 g/mol. The molecule has 1 heterocycles. The van der Waals surface area contributed by atoms with E-state index in [1.807, 2.05) is 0 Å². The van der Waals surface area contributed by atoms with Gasteiger partial charge in [0, 0.05) is 26.3 Å². The molecular formula is C19H13Br2N. The Morgan fingerprint density at radius 2 is 1.23 bits per heavy atom. The van der Waals surface area contributed by atoms with Gasteiger partial charge >= 0.3 is 0 Å². The minimum absolute atomic E-state index is 0.869. The van der Waals surface area contributed by atoms with Gasteiger partial charge < -0.3 is 4.57 Å². The molecule has 1 nitrogen and oxygen atoms in total. The van der Waals surface area contributed by atoms with Gasteiger partial charge in [0.15, 0.2) is 0 Å². The fourth-order valence-corrected chi connectivity index (χ4v) is 3.68. The number of halogens is 2. The molecule has 4 rings (SSSR count). The molecule has 0 amide bonds. The van der Waals surface area contributed by atoms with Crippen molar-refractivity contribution in [3.05, 3.63) is 81.2 Å². The first kappa shape index (κ1) is 14.0. The first-order chi connectivity index (χ1) is 10.7. The van der Waals surface area contributed by atoms with Gasteiger partial charge in [0.1, 0.15) is 0 Å². The highest BCUT2D eigenvalue weighted by Gasteiger charge is 2.11. The molecule has 3 aromatic carbocycles. The second-order valence-corrected chi connectivity index (χ2v) is 7.23. The molecule has 0 aliphatic rings. The summed E-state index contributed by atoms with van der Waals surface area (Å²) in [6.45, 7) is 0.869. The van der Waals surface area contributed by atoms with E-state index in [2.05, 4.69) is 103 Å². The van der Waals surface area contributed by atoms with Crippen LogP contribution in [0, 0.1) is 0 Å². The number of hydrogen-bond donors (Lipinski definition) is 0. The Hall–Kier alpha value is -1.58. The molecule has 0 atom stereocenters. The fourth-order valence-electron chi connectivity index (χ4n) is 2.98. The highest BCUT2D eigenvalue weighted by molar-refractivity contribution is 9.10. The Balaban J connectivity index is 2.04. The van der Waals surface area contributed by atoms with Crippen molar-refractivity contribution in [2.75, 3.05) is 0 Å². The van der Waals surface area contributed by atoms with Crippen LogP contribution in [0.15, 0.2) is 75.7 Å².